The van der Waals surface area contributed by atoms with Gasteiger partial charge in [-0.2, -0.15) is 4.98 Å². The van der Waals surface area contributed by atoms with E-state index in [1.807, 2.05) is 23.1 Å². The molecular weight excluding hydrogens is 434 g/mol. The number of hydrogen-bond donors (Lipinski definition) is 0. The minimum absolute atomic E-state index is 0.0591. The van der Waals surface area contributed by atoms with Crippen LogP contribution < -0.4 is 14.4 Å². The summed E-state index contributed by atoms with van der Waals surface area (Å²) in [5.41, 5.74) is 3.78. The Hall–Kier alpha value is -4.01. The van der Waals surface area contributed by atoms with Crippen LogP contribution in [0.2, 0.25) is 0 Å². The lowest BCUT2D eigenvalue weighted by Gasteiger charge is -2.31. The first-order valence-electron chi connectivity index (χ1n) is 11.1. The topological polar surface area (TPSA) is 97.8 Å². The summed E-state index contributed by atoms with van der Waals surface area (Å²) >= 11 is 0. The summed E-state index contributed by atoms with van der Waals surface area (Å²) in [4.78, 5) is 41.4. The first-order valence-corrected chi connectivity index (χ1v) is 11.1. The molecule has 1 saturated heterocycles. The molecule has 0 unspecified atom stereocenters. The lowest BCUT2D eigenvalue weighted by Crippen LogP contribution is -2.40. The highest BCUT2D eigenvalue weighted by Crippen LogP contribution is 2.38. The van der Waals surface area contributed by atoms with Crippen molar-refractivity contribution in [3.63, 3.8) is 0 Å². The number of methoxy groups -OCH3 is 1. The Bertz CT molecular complexity index is 1260. The van der Waals surface area contributed by atoms with Crippen LogP contribution in [0.5, 0.6) is 11.8 Å². The molecule has 2 aliphatic rings. The third-order valence-electron chi connectivity index (χ3n) is 6.09. The molecule has 0 aliphatic carbocycles. The van der Waals surface area contributed by atoms with Gasteiger partial charge in [-0.3, -0.25) is 9.59 Å². The van der Waals surface area contributed by atoms with Gasteiger partial charge in [-0.25, -0.2) is 9.97 Å². The number of carbonyl (C=O) groups excluding carboxylic acids is 2. The van der Waals surface area contributed by atoms with Crippen molar-refractivity contribution in [2.24, 2.45) is 0 Å². The predicted molar refractivity (Wildman–Crippen MR) is 125 cm³/mol. The maximum absolute atomic E-state index is 12.4. The SMILES string of the molecule is COc1nc(Cc2cnc3c(c2)N2C(=O)CC[C@H]2CO3)ncc1-c1ccc(C(=O)N(C)C)cc1. The molecule has 0 radical (unpaired) electrons. The Kier molecular flexibility index (Phi) is 5.61. The van der Waals surface area contributed by atoms with Crippen molar-refractivity contribution >= 4 is 17.5 Å². The highest BCUT2D eigenvalue weighted by Gasteiger charge is 2.38. The summed E-state index contributed by atoms with van der Waals surface area (Å²) in [6.45, 7) is 0.483. The molecule has 9 nitrogen and oxygen atoms in total. The zero-order chi connectivity index (χ0) is 23.8. The van der Waals surface area contributed by atoms with E-state index >= 15 is 0 Å². The molecule has 1 fully saturated rings. The second-order valence-corrected chi connectivity index (χ2v) is 8.60. The molecule has 2 aromatic heterocycles. The van der Waals surface area contributed by atoms with Crippen molar-refractivity contribution in [1.82, 2.24) is 19.9 Å². The Morgan fingerprint density at radius 2 is 2.00 bits per heavy atom. The minimum atomic E-state index is -0.0591. The molecule has 174 valence electrons. The Morgan fingerprint density at radius 3 is 2.74 bits per heavy atom. The van der Waals surface area contributed by atoms with E-state index in [2.05, 4.69) is 15.0 Å². The number of nitrogens with zero attached hydrogens (tertiary/aromatic N) is 5. The van der Waals surface area contributed by atoms with Gasteiger partial charge in [0.25, 0.3) is 5.91 Å². The molecule has 34 heavy (non-hydrogen) atoms. The average Bonchev–Trinajstić information content (AvgIpc) is 3.24. The van der Waals surface area contributed by atoms with Crippen molar-refractivity contribution in [2.75, 3.05) is 32.7 Å². The Balaban J connectivity index is 1.39. The van der Waals surface area contributed by atoms with E-state index in [1.165, 1.54) is 4.90 Å². The number of rotatable bonds is 5. The summed E-state index contributed by atoms with van der Waals surface area (Å²) < 4.78 is 11.3. The number of benzene rings is 1. The van der Waals surface area contributed by atoms with E-state index in [-0.39, 0.29) is 17.9 Å². The summed E-state index contributed by atoms with van der Waals surface area (Å²) in [6.07, 6.45) is 5.21. The third kappa shape index (κ3) is 3.93. The summed E-state index contributed by atoms with van der Waals surface area (Å²) in [6, 6.07) is 9.27. The predicted octanol–water partition coefficient (Wildman–Crippen LogP) is 2.73. The maximum Gasteiger partial charge on any atom is 0.253 e. The average molecular weight is 460 g/mol. The van der Waals surface area contributed by atoms with Crippen molar-refractivity contribution in [3.8, 4) is 22.9 Å². The molecule has 9 heteroatoms. The first-order chi connectivity index (χ1) is 16.4. The largest absolute Gasteiger partial charge is 0.480 e. The standard InChI is InChI=1S/C25H25N5O4/c1-29(2)25(32)17-6-4-16(5-7-17)19-13-26-21(28-23(19)33-3)11-15-10-20-24(27-12-15)34-14-18-8-9-22(31)30(18)20/h4-7,10,12-13,18H,8-9,11,14H2,1-3H3/t18-/m0/s1. The van der Waals surface area contributed by atoms with Crippen LogP contribution in [-0.4, -0.2) is 65.5 Å². The summed E-state index contributed by atoms with van der Waals surface area (Å²) in [5.74, 6) is 1.55. The normalized spacial score (nSPS) is 16.5. The molecule has 2 amide bonds. The van der Waals surface area contributed by atoms with Gasteiger partial charge >= 0.3 is 0 Å². The van der Waals surface area contributed by atoms with Crippen LogP contribution in [0.1, 0.15) is 34.6 Å². The number of aromatic nitrogens is 3. The molecule has 2 aliphatic heterocycles. The molecule has 4 heterocycles. The highest BCUT2D eigenvalue weighted by atomic mass is 16.5. The van der Waals surface area contributed by atoms with Crippen molar-refractivity contribution in [1.29, 1.82) is 0 Å². The van der Waals surface area contributed by atoms with Gasteiger partial charge in [-0.15, -0.1) is 0 Å². The summed E-state index contributed by atoms with van der Waals surface area (Å²) in [5, 5.41) is 0. The van der Waals surface area contributed by atoms with E-state index in [0.29, 0.717) is 48.3 Å². The molecule has 5 rings (SSSR count). The number of carbonyl (C=O) groups is 2. The van der Waals surface area contributed by atoms with Crippen LogP contribution in [0.25, 0.3) is 11.1 Å². The van der Waals surface area contributed by atoms with Crippen LogP contribution in [0.4, 0.5) is 5.69 Å². The number of anilines is 1. The number of ether oxygens (including phenoxy) is 2. The quantitative estimate of drug-likeness (QED) is 0.579. The Morgan fingerprint density at radius 1 is 1.21 bits per heavy atom. The summed E-state index contributed by atoms with van der Waals surface area (Å²) in [7, 11) is 5.01. The van der Waals surface area contributed by atoms with Gasteiger partial charge < -0.3 is 19.3 Å². The molecule has 0 bridgehead atoms. The van der Waals surface area contributed by atoms with Crippen molar-refractivity contribution < 1.29 is 19.1 Å². The first kappa shape index (κ1) is 21.8. The van der Waals surface area contributed by atoms with Gasteiger partial charge in [0.05, 0.1) is 18.7 Å². The maximum atomic E-state index is 12.4. The fraction of sp³-hybridized carbons (Fsp3) is 0.320. The minimum Gasteiger partial charge on any atom is -0.480 e. The highest BCUT2D eigenvalue weighted by molar-refractivity contribution is 5.98. The van der Waals surface area contributed by atoms with Gasteiger partial charge in [0.2, 0.25) is 17.7 Å². The van der Waals surface area contributed by atoms with Crippen LogP contribution >= 0.6 is 0 Å². The lowest BCUT2D eigenvalue weighted by molar-refractivity contribution is -0.117. The second-order valence-electron chi connectivity index (χ2n) is 8.60. The molecule has 0 saturated carbocycles. The fourth-order valence-corrected chi connectivity index (χ4v) is 4.34. The van der Waals surface area contributed by atoms with Gasteiger partial charge in [0.1, 0.15) is 18.1 Å². The number of pyridine rings is 1. The van der Waals surface area contributed by atoms with E-state index < -0.39 is 0 Å². The van der Waals surface area contributed by atoms with E-state index in [9.17, 15) is 9.59 Å². The van der Waals surface area contributed by atoms with E-state index in [0.717, 1.165) is 23.1 Å². The number of hydrogen-bond acceptors (Lipinski definition) is 7. The van der Waals surface area contributed by atoms with E-state index in [4.69, 9.17) is 9.47 Å². The molecule has 0 N–H and O–H groups in total. The Labute approximate surface area is 197 Å². The third-order valence-corrected chi connectivity index (χ3v) is 6.09. The monoisotopic (exact) mass is 459 g/mol. The molecule has 1 atom stereocenters. The smallest absolute Gasteiger partial charge is 0.253 e. The van der Waals surface area contributed by atoms with Crippen LogP contribution in [0.15, 0.2) is 42.7 Å². The van der Waals surface area contributed by atoms with Gasteiger partial charge in [-0.1, -0.05) is 12.1 Å². The molecule has 1 aromatic carbocycles. The fourth-order valence-electron chi connectivity index (χ4n) is 4.34. The molecule has 0 spiro atoms. The van der Waals surface area contributed by atoms with Gasteiger partial charge in [-0.05, 0) is 35.7 Å². The second kappa shape index (κ2) is 8.74. The zero-order valence-corrected chi connectivity index (χ0v) is 19.3. The zero-order valence-electron chi connectivity index (χ0n) is 19.3. The number of fused-ring (bicyclic) bond motifs is 3. The molecular formula is C25H25N5O4. The van der Waals surface area contributed by atoms with Gasteiger partial charge in [0, 0.05) is 44.9 Å². The van der Waals surface area contributed by atoms with Gasteiger partial charge in [0.15, 0.2) is 0 Å². The van der Waals surface area contributed by atoms with Crippen LogP contribution in [-0.2, 0) is 11.2 Å². The van der Waals surface area contributed by atoms with Crippen molar-refractivity contribution in [2.45, 2.75) is 25.3 Å². The van der Waals surface area contributed by atoms with E-state index in [1.54, 1.807) is 45.7 Å². The molecule has 3 aromatic rings. The lowest BCUT2D eigenvalue weighted by atomic mass is 10.1. The van der Waals surface area contributed by atoms with Crippen LogP contribution in [0, 0.1) is 0 Å². The van der Waals surface area contributed by atoms with Crippen molar-refractivity contribution in [3.05, 3.63) is 59.7 Å². The van der Waals surface area contributed by atoms with Crippen LogP contribution in [0.3, 0.4) is 0 Å². The number of amides is 2.